The number of halogens is 2. The normalized spacial score (nSPS) is 15.0. The Labute approximate surface area is 232 Å². The van der Waals surface area contributed by atoms with E-state index in [1.807, 2.05) is 30.3 Å². The highest BCUT2D eigenvalue weighted by Crippen LogP contribution is 2.37. The van der Waals surface area contributed by atoms with Gasteiger partial charge in [0.2, 0.25) is 0 Å². The van der Waals surface area contributed by atoms with Crippen LogP contribution in [0.25, 0.3) is 0 Å². The maximum Gasteiger partial charge on any atom is 0.427 e. The molecule has 2 aromatic carbocycles. The van der Waals surface area contributed by atoms with Gasteiger partial charge in [-0.15, -0.1) is 5.10 Å². The molecule has 10 nitrogen and oxygen atoms in total. The molecule has 204 valence electrons. The van der Waals surface area contributed by atoms with Crippen molar-refractivity contribution in [3.8, 4) is 5.75 Å². The lowest BCUT2D eigenvalue weighted by atomic mass is 10.2. The molecule has 1 aliphatic carbocycles. The quantitative estimate of drug-likeness (QED) is 0.323. The fourth-order valence-corrected chi connectivity index (χ4v) is 4.48. The molecule has 2 heterocycles. The minimum absolute atomic E-state index is 0.00962. The van der Waals surface area contributed by atoms with Gasteiger partial charge < -0.3 is 14.8 Å². The summed E-state index contributed by atoms with van der Waals surface area (Å²) in [5.74, 6) is -1.33. The van der Waals surface area contributed by atoms with Crippen LogP contribution in [0, 0.1) is 5.82 Å². The number of aromatic nitrogens is 2. The SMILES string of the molecule is CC(C)=C1OC(=O)N(c2cc(OC3CCCC3)c(Cl)cc2F)C1=O.O=C(Nc1ccccc1)Nc1cnns1. The Morgan fingerprint density at radius 3 is 2.49 bits per heavy atom. The molecule has 39 heavy (non-hydrogen) atoms. The molecule has 1 aromatic heterocycles. The first-order valence-corrected chi connectivity index (χ1v) is 13.2. The van der Waals surface area contributed by atoms with E-state index in [0.717, 1.165) is 49.0 Å². The number of cyclic esters (lactones) is 1. The number of nitrogens with one attached hydrogen (secondary N) is 2. The molecular formula is C26H25ClFN5O5S. The van der Waals surface area contributed by atoms with Crippen molar-refractivity contribution in [1.82, 2.24) is 9.59 Å². The lowest BCUT2D eigenvalue weighted by Gasteiger charge is -2.18. The smallest absolute Gasteiger partial charge is 0.427 e. The first kappa shape index (κ1) is 28.0. The minimum atomic E-state index is -0.941. The molecule has 3 aromatic rings. The van der Waals surface area contributed by atoms with Crippen molar-refractivity contribution in [2.24, 2.45) is 0 Å². The molecule has 2 fully saturated rings. The summed E-state index contributed by atoms with van der Waals surface area (Å²) in [6.45, 7) is 3.27. The molecule has 0 atom stereocenters. The van der Waals surface area contributed by atoms with Gasteiger partial charge in [0.25, 0.3) is 0 Å². The molecule has 2 N–H and O–H groups in total. The monoisotopic (exact) mass is 573 g/mol. The third-order valence-electron chi connectivity index (χ3n) is 5.69. The lowest BCUT2D eigenvalue weighted by Crippen LogP contribution is -2.29. The zero-order valence-corrected chi connectivity index (χ0v) is 22.6. The van der Waals surface area contributed by atoms with Crippen LogP contribution in [0.3, 0.4) is 0 Å². The van der Waals surface area contributed by atoms with Crippen LogP contribution in [0.5, 0.6) is 5.75 Å². The molecule has 1 saturated heterocycles. The Kier molecular flexibility index (Phi) is 9.10. The number of nitrogens with zero attached hydrogens (tertiary/aromatic N) is 3. The molecule has 0 bridgehead atoms. The van der Waals surface area contributed by atoms with E-state index >= 15 is 0 Å². The van der Waals surface area contributed by atoms with Gasteiger partial charge in [-0.3, -0.25) is 10.1 Å². The van der Waals surface area contributed by atoms with Gasteiger partial charge in [0.15, 0.2) is 5.76 Å². The van der Waals surface area contributed by atoms with Gasteiger partial charge >= 0.3 is 18.0 Å². The van der Waals surface area contributed by atoms with Gasteiger partial charge in [-0.2, -0.15) is 0 Å². The number of carbonyl (C=O) groups is 3. The number of hydrogen-bond donors (Lipinski definition) is 2. The van der Waals surface area contributed by atoms with Crippen molar-refractivity contribution in [3.63, 3.8) is 0 Å². The largest absolute Gasteiger partial charge is 0.489 e. The van der Waals surface area contributed by atoms with Gasteiger partial charge in [-0.1, -0.05) is 34.3 Å². The minimum Gasteiger partial charge on any atom is -0.489 e. The number of allylic oxidation sites excluding steroid dienone is 1. The number of carbonyl (C=O) groups excluding carboxylic acids is 3. The molecule has 1 saturated carbocycles. The second-order valence-electron chi connectivity index (χ2n) is 8.82. The molecule has 1 aliphatic heterocycles. The Balaban J connectivity index is 0.000000202. The van der Waals surface area contributed by atoms with Crippen LogP contribution >= 0.6 is 23.1 Å². The topological polar surface area (TPSA) is 123 Å². The van der Waals surface area contributed by atoms with E-state index in [-0.39, 0.29) is 34.4 Å². The van der Waals surface area contributed by atoms with Crippen LogP contribution in [0.1, 0.15) is 39.5 Å². The second kappa shape index (κ2) is 12.7. The zero-order valence-electron chi connectivity index (χ0n) is 21.1. The van der Waals surface area contributed by atoms with Crippen LogP contribution in [-0.4, -0.2) is 33.7 Å². The Morgan fingerprint density at radius 2 is 1.87 bits per heavy atom. The average molecular weight is 574 g/mol. The standard InChI is InChI=1S/C17H17ClFNO4.C9H8N4OS/c1-9(2)15-16(21)20(17(22)24-15)13-8-14(11(18)7-12(13)19)23-10-5-3-4-6-10;14-9(12-8-6-10-13-15-8)11-7-4-2-1-3-5-7/h7-8,10H,3-6H2,1-2H3;1-6H,(H2,11,12,14). The first-order chi connectivity index (χ1) is 18.7. The number of imide groups is 1. The highest BCUT2D eigenvalue weighted by molar-refractivity contribution is 7.10. The van der Waals surface area contributed by atoms with E-state index in [4.69, 9.17) is 21.1 Å². The van der Waals surface area contributed by atoms with E-state index in [1.165, 1.54) is 12.3 Å². The van der Waals surface area contributed by atoms with E-state index in [0.29, 0.717) is 15.5 Å². The average Bonchev–Trinajstić information content (AvgIpc) is 3.65. The van der Waals surface area contributed by atoms with Crippen LogP contribution in [0.4, 0.5) is 30.4 Å². The van der Waals surface area contributed by atoms with Crippen molar-refractivity contribution < 1.29 is 28.2 Å². The lowest BCUT2D eigenvalue weighted by molar-refractivity contribution is -0.114. The van der Waals surface area contributed by atoms with Gasteiger partial charge in [0, 0.05) is 23.3 Å². The van der Waals surface area contributed by atoms with E-state index in [1.54, 1.807) is 13.8 Å². The second-order valence-corrected chi connectivity index (χ2v) is 10.0. The Hall–Kier alpha value is -4.03. The zero-order chi connectivity index (χ0) is 27.9. The third kappa shape index (κ3) is 7.09. The molecule has 13 heteroatoms. The molecular weight excluding hydrogens is 549 g/mol. The molecule has 0 unspecified atom stereocenters. The molecule has 5 rings (SSSR count). The van der Waals surface area contributed by atoms with Gasteiger partial charge in [-0.05, 0) is 63.3 Å². The van der Waals surface area contributed by atoms with Gasteiger partial charge in [-0.25, -0.2) is 18.9 Å². The first-order valence-electron chi connectivity index (χ1n) is 12.0. The summed E-state index contributed by atoms with van der Waals surface area (Å²) < 4.78 is 28.7. The van der Waals surface area contributed by atoms with Crippen molar-refractivity contribution in [2.75, 3.05) is 15.5 Å². The third-order valence-corrected chi connectivity index (χ3v) is 6.57. The molecule has 2 aliphatic rings. The van der Waals surface area contributed by atoms with E-state index < -0.39 is 17.8 Å². The summed E-state index contributed by atoms with van der Waals surface area (Å²) >= 11 is 7.17. The van der Waals surface area contributed by atoms with Gasteiger partial charge in [0.05, 0.1) is 23.0 Å². The number of para-hydroxylation sites is 1. The fraction of sp³-hybridized carbons (Fsp3) is 0.269. The predicted octanol–water partition coefficient (Wildman–Crippen LogP) is 6.76. The highest BCUT2D eigenvalue weighted by Gasteiger charge is 2.40. The van der Waals surface area contributed by atoms with Crippen molar-refractivity contribution in [1.29, 1.82) is 0 Å². The number of amides is 4. The molecule has 0 spiro atoms. The van der Waals surface area contributed by atoms with Crippen LogP contribution in [0.15, 0.2) is 60.0 Å². The van der Waals surface area contributed by atoms with E-state index in [9.17, 15) is 18.8 Å². The summed E-state index contributed by atoms with van der Waals surface area (Å²) in [5, 5.41) is 9.62. The Morgan fingerprint density at radius 1 is 1.15 bits per heavy atom. The summed E-state index contributed by atoms with van der Waals surface area (Å²) in [6, 6.07) is 11.2. The summed E-state index contributed by atoms with van der Waals surface area (Å²) in [4.78, 5) is 36.4. The summed E-state index contributed by atoms with van der Waals surface area (Å²) in [6.07, 6.45) is 4.49. The number of ether oxygens (including phenoxy) is 2. The van der Waals surface area contributed by atoms with Crippen molar-refractivity contribution in [2.45, 2.75) is 45.6 Å². The maximum atomic E-state index is 14.3. The van der Waals surface area contributed by atoms with Crippen molar-refractivity contribution in [3.05, 3.63) is 70.8 Å². The van der Waals surface area contributed by atoms with Crippen LogP contribution < -0.4 is 20.3 Å². The summed E-state index contributed by atoms with van der Waals surface area (Å²) in [5.41, 5.74) is 1.05. The Bertz CT molecular complexity index is 1380. The molecule has 0 radical (unpaired) electrons. The van der Waals surface area contributed by atoms with Crippen molar-refractivity contribution >= 4 is 57.5 Å². The van der Waals surface area contributed by atoms with Gasteiger partial charge in [0.1, 0.15) is 16.6 Å². The summed E-state index contributed by atoms with van der Waals surface area (Å²) in [7, 11) is 0. The fourth-order valence-electron chi connectivity index (χ4n) is 3.87. The highest BCUT2D eigenvalue weighted by atomic mass is 35.5. The molecule has 4 amide bonds. The number of benzene rings is 2. The van der Waals surface area contributed by atoms with E-state index in [2.05, 4.69) is 20.2 Å². The number of rotatable bonds is 5. The van der Waals surface area contributed by atoms with Crippen LogP contribution in [0.2, 0.25) is 5.02 Å². The number of anilines is 3. The predicted molar refractivity (Wildman–Crippen MR) is 146 cm³/mol. The maximum absolute atomic E-state index is 14.3. The number of hydrogen-bond acceptors (Lipinski definition) is 8. The van der Waals surface area contributed by atoms with Crippen LogP contribution in [-0.2, 0) is 9.53 Å². The number of urea groups is 1.